The summed E-state index contributed by atoms with van der Waals surface area (Å²) in [5.74, 6) is 0.761. The summed E-state index contributed by atoms with van der Waals surface area (Å²) < 4.78 is 5.16. The summed E-state index contributed by atoms with van der Waals surface area (Å²) in [5.41, 5.74) is 2.42. The molecule has 0 fully saturated rings. The highest BCUT2D eigenvalue weighted by molar-refractivity contribution is 5.98. The minimum Gasteiger partial charge on any atom is -0.497 e. The first-order valence-electron chi connectivity index (χ1n) is 7.52. The predicted molar refractivity (Wildman–Crippen MR) is 90.5 cm³/mol. The Balaban J connectivity index is 2.14. The minimum absolute atomic E-state index is 0.0260. The molecular formula is C19H23NO2. The number of methoxy groups -OCH3 is 1. The maximum absolute atomic E-state index is 12.6. The second-order valence-electron chi connectivity index (χ2n) is 5.86. The van der Waals surface area contributed by atoms with E-state index < -0.39 is 5.41 Å². The third-order valence-electron chi connectivity index (χ3n) is 4.00. The lowest BCUT2D eigenvalue weighted by Gasteiger charge is -2.24. The summed E-state index contributed by atoms with van der Waals surface area (Å²) in [6.45, 7) is 5.95. The van der Waals surface area contributed by atoms with Crippen LogP contribution in [-0.2, 0) is 16.6 Å². The Morgan fingerprint density at radius 2 is 1.64 bits per heavy atom. The Kier molecular flexibility index (Phi) is 4.86. The molecule has 22 heavy (non-hydrogen) atoms. The van der Waals surface area contributed by atoms with Crippen molar-refractivity contribution in [3.63, 3.8) is 0 Å². The number of aryl methyl sites for hydroxylation is 1. The van der Waals surface area contributed by atoms with E-state index in [9.17, 15) is 4.79 Å². The molecule has 116 valence electrons. The molecule has 0 aliphatic heterocycles. The molecule has 0 unspecified atom stereocenters. The third-order valence-corrected chi connectivity index (χ3v) is 4.00. The molecule has 0 saturated heterocycles. The van der Waals surface area contributed by atoms with Crippen molar-refractivity contribution in [2.75, 3.05) is 12.4 Å². The van der Waals surface area contributed by atoms with Gasteiger partial charge < -0.3 is 10.1 Å². The Morgan fingerprint density at radius 3 is 2.14 bits per heavy atom. The van der Waals surface area contributed by atoms with Crippen LogP contribution in [0.3, 0.4) is 0 Å². The summed E-state index contributed by atoms with van der Waals surface area (Å²) in [6, 6.07) is 15.6. The highest BCUT2D eigenvalue weighted by Gasteiger charge is 2.29. The molecule has 0 aliphatic rings. The Hall–Kier alpha value is -2.29. The molecule has 3 nitrogen and oxygen atoms in total. The monoisotopic (exact) mass is 297 g/mol. The SMILES string of the molecule is CCc1ccc(NC(=O)C(C)(C)c2ccc(OC)cc2)cc1. The molecule has 0 aliphatic carbocycles. The van der Waals surface area contributed by atoms with Gasteiger partial charge >= 0.3 is 0 Å². The van der Waals surface area contributed by atoms with Gasteiger partial charge in [0.15, 0.2) is 0 Å². The van der Waals surface area contributed by atoms with Crippen molar-refractivity contribution in [1.29, 1.82) is 0 Å². The standard InChI is InChI=1S/C19H23NO2/c1-5-14-6-10-16(11-7-14)20-18(21)19(2,3)15-8-12-17(22-4)13-9-15/h6-13H,5H2,1-4H3,(H,20,21). The molecule has 0 radical (unpaired) electrons. The van der Waals surface area contributed by atoms with Crippen LogP contribution >= 0.6 is 0 Å². The van der Waals surface area contributed by atoms with Gasteiger partial charge in [-0.15, -0.1) is 0 Å². The molecule has 2 aromatic rings. The van der Waals surface area contributed by atoms with Crippen LogP contribution in [0.4, 0.5) is 5.69 Å². The van der Waals surface area contributed by atoms with Gasteiger partial charge in [-0.1, -0.05) is 31.2 Å². The van der Waals surface area contributed by atoms with Gasteiger partial charge in [-0.05, 0) is 55.7 Å². The van der Waals surface area contributed by atoms with Gasteiger partial charge in [-0.3, -0.25) is 4.79 Å². The van der Waals surface area contributed by atoms with Crippen LogP contribution in [0.25, 0.3) is 0 Å². The maximum atomic E-state index is 12.6. The average molecular weight is 297 g/mol. The van der Waals surface area contributed by atoms with Crippen LogP contribution in [0.15, 0.2) is 48.5 Å². The van der Waals surface area contributed by atoms with E-state index in [0.717, 1.165) is 23.4 Å². The van der Waals surface area contributed by atoms with E-state index in [1.165, 1.54) is 5.56 Å². The van der Waals surface area contributed by atoms with Crippen molar-refractivity contribution in [2.45, 2.75) is 32.6 Å². The Morgan fingerprint density at radius 1 is 1.05 bits per heavy atom. The van der Waals surface area contributed by atoms with E-state index >= 15 is 0 Å². The van der Waals surface area contributed by atoms with E-state index in [1.807, 2.05) is 62.4 Å². The number of amides is 1. The van der Waals surface area contributed by atoms with Crippen LogP contribution in [0.1, 0.15) is 31.9 Å². The summed E-state index contributed by atoms with van der Waals surface area (Å²) in [4.78, 5) is 12.6. The third kappa shape index (κ3) is 3.48. The maximum Gasteiger partial charge on any atom is 0.234 e. The molecule has 0 spiro atoms. The Bertz CT molecular complexity index is 627. The number of hydrogen-bond donors (Lipinski definition) is 1. The van der Waals surface area contributed by atoms with Crippen molar-refractivity contribution in [3.05, 3.63) is 59.7 Å². The molecule has 0 aromatic heterocycles. The number of benzene rings is 2. The lowest BCUT2D eigenvalue weighted by Crippen LogP contribution is -2.34. The average Bonchev–Trinajstić information content (AvgIpc) is 2.55. The molecule has 3 heteroatoms. The van der Waals surface area contributed by atoms with Crippen LogP contribution < -0.4 is 10.1 Å². The number of nitrogens with one attached hydrogen (secondary N) is 1. The largest absolute Gasteiger partial charge is 0.497 e. The minimum atomic E-state index is -0.615. The van der Waals surface area contributed by atoms with Gasteiger partial charge in [0, 0.05) is 5.69 Å². The molecule has 1 amide bonds. The van der Waals surface area contributed by atoms with E-state index in [2.05, 4.69) is 12.2 Å². The molecular weight excluding hydrogens is 274 g/mol. The van der Waals surface area contributed by atoms with Gasteiger partial charge in [-0.25, -0.2) is 0 Å². The van der Waals surface area contributed by atoms with E-state index in [4.69, 9.17) is 4.74 Å². The quantitative estimate of drug-likeness (QED) is 0.899. The smallest absolute Gasteiger partial charge is 0.234 e. The number of hydrogen-bond acceptors (Lipinski definition) is 2. The van der Waals surface area contributed by atoms with E-state index in [1.54, 1.807) is 7.11 Å². The van der Waals surface area contributed by atoms with Gasteiger partial charge in [-0.2, -0.15) is 0 Å². The molecule has 0 atom stereocenters. The van der Waals surface area contributed by atoms with E-state index in [-0.39, 0.29) is 5.91 Å². The second kappa shape index (κ2) is 6.65. The van der Waals surface area contributed by atoms with Crippen molar-refractivity contribution in [1.82, 2.24) is 0 Å². The molecule has 2 aromatic carbocycles. The predicted octanol–water partition coefficient (Wildman–Crippen LogP) is 4.17. The van der Waals surface area contributed by atoms with Crippen LogP contribution in [0.5, 0.6) is 5.75 Å². The highest BCUT2D eigenvalue weighted by atomic mass is 16.5. The summed E-state index contributed by atoms with van der Waals surface area (Å²) in [6.07, 6.45) is 0.992. The summed E-state index contributed by atoms with van der Waals surface area (Å²) in [7, 11) is 1.63. The van der Waals surface area contributed by atoms with Crippen LogP contribution in [0, 0.1) is 0 Å². The second-order valence-corrected chi connectivity index (χ2v) is 5.86. The first kappa shape index (κ1) is 16.1. The fraction of sp³-hybridized carbons (Fsp3) is 0.316. The first-order valence-corrected chi connectivity index (χ1v) is 7.52. The molecule has 1 N–H and O–H groups in total. The fourth-order valence-electron chi connectivity index (χ4n) is 2.25. The molecule has 0 heterocycles. The fourth-order valence-corrected chi connectivity index (χ4v) is 2.25. The van der Waals surface area contributed by atoms with Crippen LogP contribution in [0.2, 0.25) is 0 Å². The highest BCUT2D eigenvalue weighted by Crippen LogP contribution is 2.27. The van der Waals surface area contributed by atoms with E-state index in [0.29, 0.717) is 0 Å². The first-order chi connectivity index (χ1) is 10.5. The van der Waals surface area contributed by atoms with Crippen molar-refractivity contribution < 1.29 is 9.53 Å². The van der Waals surface area contributed by atoms with Gasteiger partial charge in [0.1, 0.15) is 5.75 Å². The van der Waals surface area contributed by atoms with Crippen LogP contribution in [-0.4, -0.2) is 13.0 Å². The van der Waals surface area contributed by atoms with Crippen molar-refractivity contribution in [3.8, 4) is 5.75 Å². The lowest BCUT2D eigenvalue weighted by molar-refractivity contribution is -0.120. The molecule has 2 rings (SSSR count). The van der Waals surface area contributed by atoms with Crippen molar-refractivity contribution >= 4 is 11.6 Å². The molecule has 0 bridgehead atoms. The zero-order valence-electron chi connectivity index (χ0n) is 13.6. The summed E-state index contributed by atoms with van der Waals surface area (Å²) in [5, 5.41) is 2.99. The molecule has 0 saturated carbocycles. The number of carbonyl (C=O) groups is 1. The number of rotatable bonds is 5. The van der Waals surface area contributed by atoms with Crippen molar-refractivity contribution in [2.24, 2.45) is 0 Å². The van der Waals surface area contributed by atoms with Gasteiger partial charge in [0.25, 0.3) is 0 Å². The topological polar surface area (TPSA) is 38.3 Å². The summed E-state index contributed by atoms with van der Waals surface area (Å²) >= 11 is 0. The van der Waals surface area contributed by atoms with Gasteiger partial charge in [0.05, 0.1) is 12.5 Å². The number of anilines is 1. The Labute approximate surface area is 132 Å². The number of ether oxygens (including phenoxy) is 1. The zero-order chi connectivity index (χ0) is 16.2. The zero-order valence-corrected chi connectivity index (χ0v) is 13.6. The number of carbonyl (C=O) groups excluding carboxylic acids is 1. The van der Waals surface area contributed by atoms with Gasteiger partial charge in [0.2, 0.25) is 5.91 Å². The normalized spacial score (nSPS) is 11.1. The lowest BCUT2D eigenvalue weighted by atomic mass is 9.83.